The molecule has 0 heterocycles. The summed E-state index contributed by atoms with van der Waals surface area (Å²) < 4.78 is 4.98. The second kappa shape index (κ2) is 12.9. The van der Waals surface area contributed by atoms with E-state index in [0.29, 0.717) is 6.61 Å². The number of nitrogens with zero attached hydrogens (tertiary/aromatic N) is 4. The average Bonchev–Trinajstić information content (AvgIpc) is 2.85. The molecule has 0 saturated heterocycles. The number of azo groups is 2. The number of hydrogen-bond acceptors (Lipinski definition) is 6. The van der Waals surface area contributed by atoms with Gasteiger partial charge in [-0.15, -0.1) is 0 Å². The maximum absolute atomic E-state index is 11.0. The van der Waals surface area contributed by atoms with Crippen molar-refractivity contribution < 1.29 is 9.53 Å². The molecule has 0 radical (unpaired) electrons. The number of ether oxygens (including phenoxy) is 1. The van der Waals surface area contributed by atoms with Crippen LogP contribution in [0.25, 0.3) is 0 Å². The molecule has 0 spiro atoms. The van der Waals surface area contributed by atoms with Crippen molar-refractivity contribution in [2.45, 2.75) is 39.5 Å². The molecule has 3 aromatic rings. The van der Waals surface area contributed by atoms with Crippen LogP contribution in [0, 0.1) is 13.8 Å². The minimum atomic E-state index is -0.362. The number of carbonyl (C=O) groups is 1. The SMILES string of the molecule is C=CC(=O)OCCCCCc1ccc(N=Nc2ccc(N=Nc3ccc(C)cc3C)cc2)cc1. The summed E-state index contributed by atoms with van der Waals surface area (Å²) in [6, 6.07) is 21.7. The predicted molar refractivity (Wildman–Crippen MR) is 136 cm³/mol. The smallest absolute Gasteiger partial charge is 0.330 e. The molecule has 6 heteroatoms. The van der Waals surface area contributed by atoms with E-state index in [-0.39, 0.29) is 5.97 Å². The maximum atomic E-state index is 11.0. The van der Waals surface area contributed by atoms with Crippen LogP contribution in [0.3, 0.4) is 0 Å². The molecule has 0 atom stereocenters. The van der Waals surface area contributed by atoms with Crippen molar-refractivity contribution in [3.05, 3.63) is 96.1 Å². The monoisotopic (exact) mass is 454 g/mol. The van der Waals surface area contributed by atoms with E-state index in [4.69, 9.17) is 4.74 Å². The fourth-order valence-electron chi connectivity index (χ4n) is 3.30. The number of esters is 1. The number of aryl methyl sites for hydroxylation is 3. The van der Waals surface area contributed by atoms with Gasteiger partial charge in [0.2, 0.25) is 0 Å². The summed E-state index contributed by atoms with van der Waals surface area (Å²) >= 11 is 0. The average molecular weight is 455 g/mol. The predicted octanol–water partition coefficient (Wildman–Crippen LogP) is 8.58. The Labute approximate surface area is 201 Å². The molecule has 0 aliphatic heterocycles. The first-order valence-electron chi connectivity index (χ1n) is 11.4. The summed E-state index contributed by atoms with van der Waals surface area (Å²) in [7, 11) is 0. The summed E-state index contributed by atoms with van der Waals surface area (Å²) in [4.78, 5) is 11.0. The maximum Gasteiger partial charge on any atom is 0.330 e. The van der Waals surface area contributed by atoms with E-state index in [1.807, 2.05) is 55.5 Å². The summed E-state index contributed by atoms with van der Waals surface area (Å²) in [5.74, 6) is -0.362. The Kier molecular flexibility index (Phi) is 9.40. The van der Waals surface area contributed by atoms with Gasteiger partial charge >= 0.3 is 5.97 Å². The molecule has 174 valence electrons. The molecule has 0 saturated carbocycles. The number of hydrogen-bond donors (Lipinski definition) is 0. The van der Waals surface area contributed by atoms with E-state index < -0.39 is 0 Å². The molecule has 0 amide bonds. The summed E-state index contributed by atoms with van der Waals surface area (Å²) in [5, 5.41) is 17.3. The number of unbranched alkanes of at least 4 members (excludes halogenated alkanes) is 2. The molecule has 0 aliphatic carbocycles. The summed E-state index contributed by atoms with van der Waals surface area (Å²) in [6.07, 6.45) is 5.07. The highest BCUT2D eigenvalue weighted by Crippen LogP contribution is 2.25. The molecule has 0 unspecified atom stereocenters. The van der Waals surface area contributed by atoms with E-state index in [9.17, 15) is 4.79 Å². The van der Waals surface area contributed by atoms with Gasteiger partial charge in [0.15, 0.2) is 0 Å². The van der Waals surface area contributed by atoms with Crippen LogP contribution in [-0.2, 0) is 16.0 Å². The van der Waals surface area contributed by atoms with Crippen molar-refractivity contribution in [2.75, 3.05) is 6.61 Å². The van der Waals surface area contributed by atoms with Gasteiger partial charge in [-0.2, -0.15) is 20.5 Å². The van der Waals surface area contributed by atoms with Crippen molar-refractivity contribution in [3.8, 4) is 0 Å². The van der Waals surface area contributed by atoms with E-state index in [1.54, 1.807) is 0 Å². The Morgan fingerprint density at radius 3 is 1.97 bits per heavy atom. The Balaban J connectivity index is 1.45. The number of carbonyl (C=O) groups excluding carboxylic acids is 1. The quantitative estimate of drug-likeness (QED) is 0.126. The van der Waals surface area contributed by atoms with Crippen molar-refractivity contribution in [1.82, 2.24) is 0 Å². The molecule has 0 aliphatic rings. The lowest BCUT2D eigenvalue weighted by Gasteiger charge is -2.03. The minimum Gasteiger partial charge on any atom is -0.463 e. The molecule has 34 heavy (non-hydrogen) atoms. The Bertz CT molecular complexity index is 1150. The fourth-order valence-corrected chi connectivity index (χ4v) is 3.30. The Morgan fingerprint density at radius 2 is 1.38 bits per heavy atom. The highest BCUT2D eigenvalue weighted by Gasteiger charge is 1.99. The van der Waals surface area contributed by atoms with Gasteiger partial charge in [0.05, 0.1) is 29.4 Å². The van der Waals surface area contributed by atoms with Crippen molar-refractivity contribution in [3.63, 3.8) is 0 Å². The summed E-state index contributed by atoms with van der Waals surface area (Å²) in [5.41, 5.74) is 6.76. The third-order valence-electron chi connectivity index (χ3n) is 5.21. The van der Waals surface area contributed by atoms with Crippen molar-refractivity contribution >= 4 is 28.7 Å². The first-order chi connectivity index (χ1) is 16.5. The van der Waals surface area contributed by atoms with Crippen LogP contribution in [0.5, 0.6) is 0 Å². The minimum absolute atomic E-state index is 0.362. The second-order valence-electron chi connectivity index (χ2n) is 8.06. The fraction of sp³-hybridized carbons (Fsp3) is 0.250. The Morgan fingerprint density at radius 1 is 0.794 bits per heavy atom. The normalized spacial score (nSPS) is 11.2. The van der Waals surface area contributed by atoms with Gasteiger partial charge in [-0.1, -0.05) is 36.4 Å². The highest BCUT2D eigenvalue weighted by atomic mass is 16.5. The standard InChI is InChI=1S/C28H30N4O2/c1-4-28(33)34-19-7-5-6-8-23-10-12-24(13-11-23)29-30-25-14-16-26(17-15-25)31-32-27-18-9-21(2)20-22(27)3/h4,9-18,20H,1,5-8,19H2,2-3H3. The van der Waals surface area contributed by atoms with E-state index in [0.717, 1.165) is 54.0 Å². The summed E-state index contributed by atoms with van der Waals surface area (Å²) in [6.45, 7) is 7.92. The number of rotatable bonds is 11. The molecular formula is C28H30N4O2. The van der Waals surface area contributed by atoms with Crippen LogP contribution in [-0.4, -0.2) is 12.6 Å². The van der Waals surface area contributed by atoms with Crippen LogP contribution in [0.4, 0.5) is 22.7 Å². The zero-order chi connectivity index (χ0) is 24.2. The van der Waals surface area contributed by atoms with Crippen LogP contribution < -0.4 is 0 Å². The van der Waals surface area contributed by atoms with E-state index >= 15 is 0 Å². The lowest BCUT2D eigenvalue weighted by molar-refractivity contribution is -0.137. The van der Waals surface area contributed by atoms with Crippen molar-refractivity contribution in [1.29, 1.82) is 0 Å². The first kappa shape index (κ1) is 24.7. The first-order valence-corrected chi connectivity index (χ1v) is 11.4. The van der Waals surface area contributed by atoms with Crippen molar-refractivity contribution in [2.24, 2.45) is 20.5 Å². The topological polar surface area (TPSA) is 75.7 Å². The molecule has 3 aromatic carbocycles. The third kappa shape index (κ3) is 8.20. The molecule has 0 aromatic heterocycles. The molecule has 0 N–H and O–H groups in total. The van der Waals surface area contributed by atoms with Crippen LogP contribution in [0.2, 0.25) is 0 Å². The molecule has 0 fully saturated rings. The van der Waals surface area contributed by atoms with Gasteiger partial charge in [-0.05, 0) is 93.1 Å². The number of benzene rings is 3. The van der Waals surface area contributed by atoms with Gasteiger partial charge in [0.25, 0.3) is 0 Å². The van der Waals surface area contributed by atoms with Crippen LogP contribution in [0.1, 0.15) is 36.0 Å². The lowest BCUT2D eigenvalue weighted by Crippen LogP contribution is -2.01. The van der Waals surface area contributed by atoms with Crippen LogP contribution >= 0.6 is 0 Å². The van der Waals surface area contributed by atoms with Gasteiger partial charge < -0.3 is 4.74 Å². The van der Waals surface area contributed by atoms with Gasteiger partial charge in [-0.3, -0.25) is 0 Å². The molecule has 3 rings (SSSR count). The lowest BCUT2D eigenvalue weighted by atomic mass is 10.1. The second-order valence-corrected chi connectivity index (χ2v) is 8.06. The zero-order valence-electron chi connectivity index (χ0n) is 19.8. The van der Waals surface area contributed by atoms with E-state index in [2.05, 4.69) is 52.2 Å². The largest absolute Gasteiger partial charge is 0.463 e. The van der Waals surface area contributed by atoms with Crippen LogP contribution in [0.15, 0.2) is 99.8 Å². The molecule has 6 nitrogen and oxygen atoms in total. The third-order valence-corrected chi connectivity index (χ3v) is 5.21. The van der Waals surface area contributed by atoms with E-state index in [1.165, 1.54) is 17.2 Å². The van der Waals surface area contributed by atoms with Gasteiger partial charge in [0, 0.05) is 6.08 Å². The molecule has 0 bridgehead atoms. The zero-order valence-corrected chi connectivity index (χ0v) is 19.8. The highest BCUT2D eigenvalue weighted by molar-refractivity contribution is 5.81. The van der Waals surface area contributed by atoms with Gasteiger partial charge in [-0.25, -0.2) is 4.79 Å². The van der Waals surface area contributed by atoms with Gasteiger partial charge in [0.1, 0.15) is 0 Å². The molecular weight excluding hydrogens is 424 g/mol. The Hall–Kier alpha value is -3.93.